The first-order valence-corrected chi connectivity index (χ1v) is 13.3. The molecule has 1 atom stereocenters. The molecule has 1 unspecified atom stereocenters. The Balaban J connectivity index is 0.000000459. The van der Waals surface area contributed by atoms with Crippen molar-refractivity contribution in [2.24, 2.45) is 5.92 Å². The first-order valence-electron chi connectivity index (χ1n) is 13.3. The molecule has 3 heterocycles. The van der Waals surface area contributed by atoms with Gasteiger partial charge in [-0.05, 0) is 25.0 Å². The van der Waals surface area contributed by atoms with Gasteiger partial charge in [-0.25, -0.2) is 14.6 Å². The van der Waals surface area contributed by atoms with Gasteiger partial charge in [0, 0.05) is 63.9 Å². The van der Waals surface area contributed by atoms with Gasteiger partial charge in [0.2, 0.25) is 11.8 Å². The van der Waals surface area contributed by atoms with Crippen molar-refractivity contribution in [3.05, 3.63) is 36.5 Å². The molecule has 2 N–H and O–H groups in total. The van der Waals surface area contributed by atoms with Crippen LogP contribution in [0.15, 0.2) is 36.5 Å². The summed E-state index contributed by atoms with van der Waals surface area (Å²) in [7, 11) is 0. The van der Waals surface area contributed by atoms with Crippen LogP contribution in [0.2, 0.25) is 0 Å². The minimum Gasteiger partial charge on any atom is -0.478 e. The predicted octanol–water partition coefficient (Wildman–Crippen LogP) is 1.56. The Morgan fingerprint density at radius 2 is 1.54 bits per heavy atom. The number of hydrogen-bond donors (Lipinski definition) is 2. The van der Waals surface area contributed by atoms with Gasteiger partial charge in [-0.3, -0.25) is 24.2 Å². The van der Waals surface area contributed by atoms with E-state index in [1.807, 2.05) is 18.2 Å². The molecule has 2 amide bonds. The fourth-order valence-electron chi connectivity index (χ4n) is 4.89. The third-order valence-corrected chi connectivity index (χ3v) is 6.94. The molecule has 0 spiro atoms. The third kappa shape index (κ3) is 9.78. The topological polar surface area (TPSA) is 158 Å². The van der Waals surface area contributed by atoms with Crippen molar-refractivity contribution >= 4 is 35.5 Å². The Labute approximate surface area is 227 Å². The Morgan fingerprint density at radius 1 is 0.923 bits per heavy atom. The Kier molecular flexibility index (Phi) is 11.4. The van der Waals surface area contributed by atoms with Crippen molar-refractivity contribution in [1.29, 1.82) is 0 Å². The number of carbonyl (C=O) groups is 5. The number of aliphatic carboxylic acids is 2. The van der Waals surface area contributed by atoms with Crippen molar-refractivity contribution in [3.8, 4) is 0 Å². The molecule has 212 valence electrons. The Hall–Kier alpha value is -3.80. The lowest BCUT2D eigenvalue weighted by Crippen LogP contribution is -2.51. The Morgan fingerprint density at radius 3 is 2.08 bits per heavy atom. The van der Waals surface area contributed by atoms with Crippen LogP contribution in [0.1, 0.15) is 44.9 Å². The molecule has 1 aromatic heterocycles. The van der Waals surface area contributed by atoms with Crippen LogP contribution in [0.5, 0.6) is 0 Å². The molecule has 1 aliphatic carbocycles. The average molecular weight is 545 g/mol. The minimum absolute atomic E-state index is 0.0535. The first-order chi connectivity index (χ1) is 18.7. The highest BCUT2D eigenvalue weighted by molar-refractivity contribution is 6.02. The molecule has 0 bridgehead atoms. The largest absolute Gasteiger partial charge is 0.478 e. The summed E-state index contributed by atoms with van der Waals surface area (Å²) in [5.41, 5.74) is 0. The van der Waals surface area contributed by atoms with Crippen molar-refractivity contribution in [2.45, 2.75) is 51.0 Å². The Bertz CT molecular complexity index is 1000. The highest BCUT2D eigenvalue weighted by Gasteiger charge is 2.34. The summed E-state index contributed by atoms with van der Waals surface area (Å²) in [4.78, 5) is 66.4. The molecule has 0 radical (unpaired) electrons. The molecular formula is C27H36N4O8. The molecule has 1 aromatic rings. The van der Waals surface area contributed by atoms with Crippen LogP contribution in [0, 0.1) is 5.92 Å². The first kappa shape index (κ1) is 29.8. The van der Waals surface area contributed by atoms with Gasteiger partial charge in [0.1, 0.15) is 11.9 Å². The van der Waals surface area contributed by atoms with Crippen LogP contribution in [0.3, 0.4) is 0 Å². The van der Waals surface area contributed by atoms with E-state index in [1.165, 1.54) is 11.3 Å². The number of amides is 2. The fraction of sp³-hybridized carbons (Fsp3) is 0.556. The summed E-state index contributed by atoms with van der Waals surface area (Å²) in [5.74, 6) is -2.10. The summed E-state index contributed by atoms with van der Waals surface area (Å²) < 4.78 is 5.91. The maximum Gasteiger partial charge on any atom is 0.328 e. The van der Waals surface area contributed by atoms with Gasteiger partial charge in [0.05, 0.1) is 12.5 Å². The van der Waals surface area contributed by atoms with E-state index in [9.17, 15) is 24.0 Å². The number of rotatable bonds is 9. The quantitative estimate of drug-likeness (QED) is 0.264. The number of carboxylic acid groups (broad SMARTS) is 2. The highest BCUT2D eigenvalue weighted by Crippen LogP contribution is 2.25. The molecule has 3 aliphatic rings. The molecule has 39 heavy (non-hydrogen) atoms. The lowest BCUT2D eigenvalue weighted by molar-refractivity contribution is -0.160. The second-order valence-electron chi connectivity index (χ2n) is 9.78. The van der Waals surface area contributed by atoms with E-state index in [4.69, 9.17) is 14.9 Å². The number of ether oxygens (including phenoxy) is 1. The van der Waals surface area contributed by atoms with Crippen LogP contribution in [-0.2, 0) is 28.7 Å². The van der Waals surface area contributed by atoms with Gasteiger partial charge < -0.3 is 19.8 Å². The standard InChI is InChI=1S/C23H32N4O4.C4H4O4/c28-21-9-10-22(29)27(21)17-19(31-23(30)18-6-2-1-3-7-18)16-25-12-14-26(15-13-25)20-8-4-5-11-24-20;5-3(6)1-2-4(7)8/h4-5,8,11,18-19H,1-3,6-7,9-10,12-17H2;1-2H,(H,5,6)(H,7,8)/b;2-1+. The number of carboxylic acids is 2. The van der Waals surface area contributed by atoms with Gasteiger partial charge in [0.15, 0.2) is 0 Å². The van der Waals surface area contributed by atoms with Crippen LogP contribution >= 0.6 is 0 Å². The van der Waals surface area contributed by atoms with Crippen molar-refractivity contribution < 1.29 is 38.9 Å². The van der Waals surface area contributed by atoms with E-state index in [0.29, 0.717) is 18.7 Å². The zero-order valence-electron chi connectivity index (χ0n) is 21.9. The zero-order chi connectivity index (χ0) is 28.2. The molecule has 12 nitrogen and oxygen atoms in total. The summed E-state index contributed by atoms with van der Waals surface area (Å²) in [6.45, 7) is 4.00. The summed E-state index contributed by atoms with van der Waals surface area (Å²) in [6.07, 6.45) is 7.97. The van der Waals surface area contributed by atoms with E-state index >= 15 is 0 Å². The number of esters is 1. The lowest BCUT2D eigenvalue weighted by atomic mass is 9.89. The molecular weight excluding hydrogens is 508 g/mol. The van der Waals surface area contributed by atoms with Crippen LogP contribution in [-0.4, -0.2) is 100 Å². The van der Waals surface area contributed by atoms with E-state index in [0.717, 1.165) is 57.7 Å². The van der Waals surface area contributed by atoms with Gasteiger partial charge in [-0.15, -0.1) is 0 Å². The molecule has 2 saturated heterocycles. The van der Waals surface area contributed by atoms with Gasteiger partial charge in [-0.1, -0.05) is 25.3 Å². The molecule has 12 heteroatoms. The second-order valence-corrected chi connectivity index (χ2v) is 9.78. The smallest absolute Gasteiger partial charge is 0.328 e. The zero-order valence-corrected chi connectivity index (χ0v) is 21.9. The highest BCUT2D eigenvalue weighted by atomic mass is 16.5. The maximum absolute atomic E-state index is 12.8. The van der Waals surface area contributed by atoms with Gasteiger partial charge in [0.25, 0.3) is 0 Å². The number of imide groups is 1. The number of piperazine rings is 1. The number of nitrogens with zero attached hydrogens (tertiary/aromatic N) is 4. The third-order valence-electron chi connectivity index (χ3n) is 6.94. The summed E-state index contributed by atoms with van der Waals surface area (Å²) >= 11 is 0. The minimum atomic E-state index is -1.26. The van der Waals surface area contributed by atoms with Crippen LogP contribution in [0.4, 0.5) is 5.82 Å². The molecule has 0 aromatic carbocycles. The van der Waals surface area contributed by atoms with Gasteiger partial charge in [-0.2, -0.15) is 0 Å². The molecule has 3 fully saturated rings. The SMILES string of the molecule is O=C(O)/C=C/C(=O)O.O=C(OC(CN1CCN(c2ccccn2)CC1)CN1C(=O)CCC1=O)C1CCCCC1. The van der Waals surface area contributed by atoms with E-state index in [2.05, 4.69) is 14.8 Å². The lowest BCUT2D eigenvalue weighted by Gasteiger charge is -2.37. The molecule has 1 saturated carbocycles. The predicted molar refractivity (Wildman–Crippen MR) is 140 cm³/mol. The molecule has 2 aliphatic heterocycles. The molecule has 4 rings (SSSR count). The number of carbonyl (C=O) groups excluding carboxylic acids is 3. The number of likely N-dealkylation sites (tertiary alicyclic amines) is 1. The summed E-state index contributed by atoms with van der Waals surface area (Å²) in [5, 5.41) is 15.6. The fourth-order valence-corrected chi connectivity index (χ4v) is 4.89. The normalized spacial score (nSPS) is 19.5. The van der Waals surface area contributed by atoms with E-state index in [-0.39, 0.29) is 43.1 Å². The maximum atomic E-state index is 12.8. The summed E-state index contributed by atoms with van der Waals surface area (Å²) in [6, 6.07) is 5.90. The van der Waals surface area contributed by atoms with E-state index < -0.39 is 18.0 Å². The number of hydrogen-bond acceptors (Lipinski definition) is 9. The van der Waals surface area contributed by atoms with Crippen molar-refractivity contribution in [1.82, 2.24) is 14.8 Å². The van der Waals surface area contributed by atoms with E-state index in [1.54, 1.807) is 6.20 Å². The van der Waals surface area contributed by atoms with Gasteiger partial charge >= 0.3 is 17.9 Å². The number of anilines is 1. The van der Waals surface area contributed by atoms with Crippen molar-refractivity contribution in [3.63, 3.8) is 0 Å². The van der Waals surface area contributed by atoms with Crippen molar-refractivity contribution in [2.75, 3.05) is 44.2 Å². The average Bonchev–Trinajstić information content (AvgIpc) is 3.25. The second kappa shape index (κ2) is 15.0. The van der Waals surface area contributed by atoms with Crippen LogP contribution < -0.4 is 4.90 Å². The van der Waals surface area contributed by atoms with Crippen LogP contribution in [0.25, 0.3) is 0 Å². The number of pyridine rings is 1. The number of aromatic nitrogens is 1. The monoisotopic (exact) mass is 544 g/mol.